The molecule has 15 nitrogen and oxygen atoms in total. The molecule has 2 fully saturated rings. The predicted molar refractivity (Wildman–Crippen MR) is 219 cm³/mol. The lowest BCUT2D eigenvalue weighted by molar-refractivity contribution is -0.137. The summed E-state index contributed by atoms with van der Waals surface area (Å²) in [5.41, 5.74) is 5.21. The molecule has 0 aliphatic carbocycles. The Morgan fingerprint density at radius 2 is 1.45 bits per heavy atom. The fraction of sp³-hybridized carbons (Fsp3) is 0.476. The molecule has 2 unspecified atom stereocenters. The zero-order chi connectivity index (χ0) is 41.8. The highest BCUT2D eigenvalue weighted by molar-refractivity contribution is 6.31. The lowest BCUT2D eigenvalue weighted by Gasteiger charge is -2.32. The minimum atomic E-state index is -1.24. The van der Waals surface area contributed by atoms with E-state index in [0.29, 0.717) is 48.5 Å². The molecular weight excluding hydrogens is 764 g/mol. The lowest BCUT2D eigenvalue weighted by atomic mass is 10.0. The molecule has 2 saturated heterocycles. The molecule has 6 atom stereocenters. The number of alkyl carbamates (subject to hydrolysis) is 1. The Labute approximate surface area is 343 Å². The maximum atomic E-state index is 13.8. The fourth-order valence-corrected chi connectivity index (χ4v) is 8.38. The predicted octanol–water partition coefficient (Wildman–Crippen LogP) is 7.05. The Kier molecular flexibility index (Phi) is 13.1. The number of nitrogens with zero attached hydrogens (tertiary/aromatic N) is 4. The first-order valence-corrected chi connectivity index (χ1v) is 20.0. The van der Waals surface area contributed by atoms with Crippen molar-refractivity contribution < 1.29 is 33.8 Å². The molecule has 4 amide bonds. The van der Waals surface area contributed by atoms with Gasteiger partial charge in [0.25, 0.3) is 0 Å². The largest absolute Gasteiger partial charge is 0.465 e. The van der Waals surface area contributed by atoms with Gasteiger partial charge in [-0.25, -0.2) is 19.6 Å². The molecule has 58 heavy (non-hydrogen) atoms. The van der Waals surface area contributed by atoms with Gasteiger partial charge in [-0.15, -0.1) is 0 Å². The van der Waals surface area contributed by atoms with Crippen LogP contribution in [0.3, 0.4) is 0 Å². The number of likely N-dealkylation sites (tertiary alicyclic amines) is 2. The quantitative estimate of drug-likeness (QED) is 0.0940. The number of benzene rings is 2. The third-order valence-corrected chi connectivity index (χ3v) is 11.5. The number of carbonyl (C=O) groups is 4. The van der Waals surface area contributed by atoms with Gasteiger partial charge in [-0.2, -0.15) is 0 Å². The maximum absolute atomic E-state index is 13.8. The van der Waals surface area contributed by atoms with E-state index in [-0.39, 0.29) is 47.7 Å². The number of rotatable bonds is 13. The molecule has 310 valence electrons. The summed E-state index contributed by atoms with van der Waals surface area (Å²) in [6.07, 6.45) is 1.98. The van der Waals surface area contributed by atoms with Crippen LogP contribution in [0.25, 0.3) is 33.6 Å². The second-order valence-corrected chi connectivity index (χ2v) is 16.3. The minimum Gasteiger partial charge on any atom is -0.465 e. The second kappa shape index (κ2) is 18.0. The number of aromatic nitrogens is 4. The first-order chi connectivity index (χ1) is 27.7. The molecule has 0 spiro atoms. The van der Waals surface area contributed by atoms with Gasteiger partial charge < -0.3 is 45.0 Å². The van der Waals surface area contributed by atoms with E-state index in [0.717, 1.165) is 34.4 Å². The number of ether oxygens (including phenoxy) is 2. The molecule has 0 saturated carbocycles. The minimum absolute atomic E-state index is 0.0546. The number of imidazole rings is 2. The van der Waals surface area contributed by atoms with Gasteiger partial charge >= 0.3 is 12.2 Å². The molecular formula is C42H53ClN8O7. The molecule has 4 heterocycles. The lowest BCUT2D eigenvalue weighted by Crippen LogP contribution is -2.52. The number of aromatic amines is 2. The highest BCUT2D eigenvalue weighted by Crippen LogP contribution is 2.39. The van der Waals surface area contributed by atoms with E-state index < -0.39 is 24.3 Å². The van der Waals surface area contributed by atoms with Crippen molar-refractivity contribution in [3.8, 4) is 33.6 Å². The zero-order valence-corrected chi connectivity index (χ0v) is 34.7. The highest BCUT2D eigenvalue weighted by atomic mass is 35.5. The van der Waals surface area contributed by atoms with Crippen LogP contribution in [-0.2, 0) is 19.1 Å². The number of hydrogen-bond donors (Lipinski definition) is 5. The first-order valence-electron chi connectivity index (χ1n) is 19.7. The van der Waals surface area contributed by atoms with Gasteiger partial charge in [-0.1, -0.05) is 87.8 Å². The number of nitrogens with one attached hydrogen (secondary N) is 4. The smallest absolute Gasteiger partial charge is 0.407 e. The molecule has 2 aromatic heterocycles. The van der Waals surface area contributed by atoms with Gasteiger partial charge in [0, 0.05) is 31.2 Å². The Morgan fingerprint density at radius 3 is 2.03 bits per heavy atom. The van der Waals surface area contributed by atoms with Crippen LogP contribution in [0, 0.1) is 17.8 Å². The Bertz CT molecular complexity index is 2080. The average molecular weight is 817 g/mol. The molecule has 4 aromatic rings. The summed E-state index contributed by atoms with van der Waals surface area (Å²) in [7, 11) is 2.90. The summed E-state index contributed by atoms with van der Waals surface area (Å²) in [6.45, 7) is 10.3. The Balaban J connectivity index is 1.16. The third-order valence-electron chi connectivity index (χ3n) is 11.2. The SMILES string of the molecule is COC[C@H]1CC(c2ncc(-c3ccc(-c4ccc(-c5[nH]c([C@H]6CC[C@H](C)N6C(=O)C(NC(=O)OC)C(C)C)nc5Cl)cc4)cc3)[nH]2)N(C(=O)[C@@H](NC(=O)O)C(C)C)C1. The van der Waals surface area contributed by atoms with Gasteiger partial charge in [0.05, 0.1) is 43.4 Å². The standard InChI is InChI=1S/C42H53ClN8O7/c1-22(2)33(47-41(54)55)39(52)50-20-25(21-57-6)18-32(50)37-44-19-30(45-37)28-13-9-26(10-14-28)27-11-15-29(16-12-27)35-36(43)49-38(46-35)31-17-8-24(5)51(31)40(53)34(23(3)4)48-42(56)58-7/h9-16,19,22-25,31-34,47H,8,17-18,20-21H2,1-7H3,(H,44,45)(H,46,49)(H,48,56)(H,54,55)/t24-,25-,31+,32?,33-,34?/m0/s1. The highest BCUT2D eigenvalue weighted by Gasteiger charge is 2.43. The van der Waals surface area contributed by atoms with Crippen LogP contribution in [0.2, 0.25) is 5.15 Å². The normalized spacial score (nSPS) is 20.4. The van der Waals surface area contributed by atoms with E-state index in [1.807, 2.05) is 83.1 Å². The summed E-state index contributed by atoms with van der Waals surface area (Å²) in [6, 6.07) is 13.7. The summed E-state index contributed by atoms with van der Waals surface area (Å²) in [5.74, 6) is 0.456. The van der Waals surface area contributed by atoms with E-state index >= 15 is 0 Å². The van der Waals surface area contributed by atoms with Crippen LogP contribution in [0.1, 0.15) is 77.6 Å². The summed E-state index contributed by atoms with van der Waals surface area (Å²) >= 11 is 6.71. The van der Waals surface area contributed by atoms with E-state index in [1.165, 1.54) is 7.11 Å². The van der Waals surface area contributed by atoms with Gasteiger partial charge in [-0.05, 0) is 54.7 Å². The van der Waals surface area contributed by atoms with Gasteiger partial charge in [0.2, 0.25) is 11.8 Å². The van der Waals surface area contributed by atoms with Crippen molar-refractivity contribution in [3.05, 3.63) is 71.5 Å². The molecule has 2 aliphatic heterocycles. The Hall–Kier alpha value is -5.41. The monoisotopic (exact) mass is 816 g/mol. The molecule has 2 aromatic carbocycles. The van der Waals surface area contributed by atoms with Crippen LogP contribution in [0.4, 0.5) is 9.59 Å². The number of halogens is 1. The van der Waals surface area contributed by atoms with Crippen molar-refractivity contribution in [2.45, 2.75) is 84.1 Å². The van der Waals surface area contributed by atoms with Gasteiger partial charge in [0.15, 0.2) is 5.15 Å². The van der Waals surface area contributed by atoms with Gasteiger partial charge in [0.1, 0.15) is 23.7 Å². The molecule has 0 radical (unpaired) electrons. The first kappa shape index (κ1) is 42.2. The average Bonchev–Trinajstić information content (AvgIpc) is 4.01. The van der Waals surface area contributed by atoms with E-state index in [9.17, 15) is 24.3 Å². The topological polar surface area (TPSA) is 195 Å². The number of carbonyl (C=O) groups excluding carboxylic acids is 3. The fourth-order valence-electron chi connectivity index (χ4n) is 8.13. The van der Waals surface area contributed by atoms with Crippen LogP contribution in [-0.4, -0.2) is 104 Å². The van der Waals surface area contributed by atoms with Crippen LogP contribution >= 0.6 is 11.6 Å². The number of amides is 4. The van der Waals surface area contributed by atoms with Crippen molar-refractivity contribution in [1.82, 2.24) is 40.4 Å². The molecule has 5 N–H and O–H groups in total. The van der Waals surface area contributed by atoms with Crippen molar-refractivity contribution in [2.75, 3.05) is 27.4 Å². The maximum Gasteiger partial charge on any atom is 0.407 e. The van der Waals surface area contributed by atoms with Crippen LogP contribution in [0.5, 0.6) is 0 Å². The summed E-state index contributed by atoms with van der Waals surface area (Å²) in [4.78, 5) is 70.7. The van der Waals surface area contributed by atoms with E-state index in [2.05, 4.69) is 30.6 Å². The molecule has 6 rings (SSSR count). The zero-order valence-electron chi connectivity index (χ0n) is 33.9. The third kappa shape index (κ3) is 9.00. The summed E-state index contributed by atoms with van der Waals surface area (Å²) in [5, 5.41) is 14.8. The number of carboxylic acid groups (broad SMARTS) is 1. The van der Waals surface area contributed by atoms with Crippen LogP contribution in [0.15, 0.2) is 54.7 Å². The van der Waals surface area contributed by atoms with Gasteiger partial charge in [-0.3, -0.25) is 9.59 Å². The number of H-pyrrole nitrogens is 2. The Morgan fingerprint density at radius 1 is 0.845 bits per heavy atom. The van der Waals surface area contributed by atoms with Crippen molar-refractivity contribution in [1.29, 1.82) is 0 Å². The van der Waals surface area contributed by atoms with Crippen molar-refractivity contribution >= 4 is 35.6 Å². The summed E-state index contributed by atoms with van der Waals surface area (Å²) < 4.78 is 10.2. The molecule has 2 aliphatic rings. The molecule has 16 heteroatoms. The molecule has 0 bridgehead atoms. The van der Waals surface area contributed by atoms with Crippen molar-refractivity contribution in [2.24, 2.45) is 17.8 Å². The number of methoxy groups -OCH3 is 2. The van der Waals surface area contributed by atoms with E-state index in [1.54, 1.807) is 23.1 Å². The number of hydrogen-bond acceptors (Lipinski definition) is 8. The van der Waals surface area contributed by atoms with Crippen molar-refractivity contribution in [3.63, 3.8) is 0 Å². The van der Waals surface area contributed by atoms with E-state index in [4.69, 9.17) is 21.1 Å². The van der Waals surface area contributed by atoms with Crippen LogP contribution < -0.4 is 10.6 Å². The second-order valence-electron chi connectivity index (χ2n) is 15.9.